The van der Waals surface area contributed by atoms with Gasteiger partial charge in [-0.05, 0) is 31.6 Å². The maximum Gasteiger partial charge on any atom is 0.295 e. The SMILES string of the molecule is CC1=C(OCN)C(=O)N(C)C(=O)C1=CC=Cc1c(C)c(C(N)=O)c(O)n(C)c1=O. The Morgan fingerprint density at radius 1 is 1.17 bits per heavy atom. The van der Waals surface area contributed by atoms with Crippen LogP contribution in [-0.2, 0) is 21.4 Å². The topological polar surface area (TPSA) is 158 Å². The fourth-order valence-corrected chi connectivity index (χ4v) is 2.96. The van der Waals surface area contributed by atoms with Crippen molar-refractivity contribution in [2.45, 2.75) is 13.8 Å². The zero-order valence-electron chi connectivity index (χ0n) is 16.5. The van der Waals surface area contributed by atoms with Gasteiger partial charge in [-0.3, -0.25) is 34.4 Å². The van der Waals surface area contributed by atoms with Crippen LogP contribution < -0.4 is 17.0 Å². The van der Waals surface area contributed by atoms with Crippen molar-refractivity contribution in [1.82, 2.24) is 9.47 Å². The Morgan fingerprint density at radius 3 is 2.34 bits per heavy atom. The number of carbonyl (C=O) groups is 3. The average molecular weight is 402 g/mol. The second kappa shape index (κ2) is 8.15. The van der Waals surface area contributed by atoms with E-state index in [4.69, 9.17) is 16.2 Å². The predicted molar refractivity (Wildman–Crippen MR) is 104 cm³/mol. The Morgan fingerprint density at radius 2 is 1.79 bits per heavy atom. The number of aromatic nitrogens is 1. The highest BCUT2D eigenvalue weighted by Gasteiger charge is 2.33. The molecule has 0 unspecified atom stereocenters. The van der Waals surface area contributed by atoms with E-state index in [0.717, 1.165) is 9.47 Å². The molecule has 0 saturated carbocycles. The van der Waals surface area contributed by atoms with Crippen LogP contribution >= 0.6 is 0 Å². The summed E-state index contributed by atoms with van der Waals surface area (Å²) in [6.45, 7) is 2.79. The van der Waals surface area contributed by atoms with E-state index in [9.17, 15) is 24.3 Å². The van der Waals surface area contributed by atoms with Crippen molar-refractivity contribution in [2.24, 2.45) is 18.5 Å². The van der Waals surface area contributed by atoms with Crippen molar-refractivity contribution in [1.29, 1.82) is 0 Å². The number of imide groups is 1. The van der Waals surface area contributed by atoms with Gasteiger partial charge in [0.05, 0.1) is 0 Å². The number of ether oxygens (including phenoxy) is 1. The van der Waals surface area contributed by atoms with Gasteiger partial charge in [-0.1, -0.05) is 6.08 Å². The Hall–Kier alpha value is -3.66. The molecule has 2 rings (SSSR count). The monoisotopic (exact) mass is 402 g/mol. The second-order valence-corrected chi connectivity index (χ2v) is 6.34. The molecule has 0 spiro atoms. The predicted octanol–water partition coefficient (Wildman–Crippen LogP) is -0.357. The van der Waals surface area contributed by atoms with Crippen LogP contribution in [0.25, 0.3) is 6.08 Å². The highest BCUT2D eigenvalue weighted by atomic mass is 16.5. The molecule has 1 aromatic heterocycles. The molecule has 0 fully saturated rings. The maximum atomic E-state index is 12.4. The van der Waals surface area contributed by atoms with Crippen molar-refractivity contribution in [3.8, 4) is 5.88 Å². The highest BCUT2D eigenvalue weighted by molar-refractivity contribution is 6.15. The van der Waals surface area contributed by atoms with E-state index >= 15 is 0 Å². The molecule has 0 aliphatic carbocycles. The third-order valence-electron chi connectivity index (χ3n) is 4.63. The lowest BCUT2D eigenvalue weighted by Crippen LogP contribution is -2.40. The summed E-state index contributed by atoms with van der Waals surface area (Å²) in [7, 11) is 2.61. The lowest BCUT2D eigenvalue weighted by atomic mass is 9.99. The van der Waals surface area contributed by atoms with Gasteiger partial charge in [-0.15, -0.1) is 0 Å². The molecule has 0 bridgehead atoms. The third kappa shape index (κ3) is 3.69. The van der Waals surface area contributed by atoms with Gasteiger partial charge in [0, 0.05) is 30.8 Å². The maximum absolute atomic E-state index is 12.4. The Balaban J connectivity index is 2.59. The molecule has 0 saturated heterocycles. The minimum Gasteiger partial charge on any atom is -0.494 e. The van der Waals surface area contributed by atoms with Crippen LogP contribution in [0.15, 0.2) is 33.9 Å². The van der Waals surface area contributed by atoms with Crippen LogP contribution in [-0.4, -0.2) is 46.1 Å². The van der Waals surface area contributed by atoms with Crippen LogP contribution in [0.2, 0.25) is 0 Å². The summed E-state index contributed by atoms with van der Waals surface area (Å²) in [6, 6.07) is 0. The first-order chi connectivity index (χ1) is 13.5. The molecule has 10 nitrogen and oxygen atoms in total. The number of pyridine rings is 1. The molecule has 1 aromatic rings. The Bertz CT molecular complexity index is 1060. The summed E-state index contributed by atoms with van der Waals surface area (Å²) in [4.78, 5) is 49.6. The number of carbonyl (C=O) groups excluding carboxylic acids is 3. The summed E-state index contributed by atoms with van der Waals surface area (Å²) < 4.78 is 6.05. The molecule has 10 heteroatoms. The number of aromatic hydroxyl groups is 1. The minimum atomic E-state index is -0.881. The van der Waals surface area contributed by atoms with E-state index in [0.29, 0.717) is 5.57 Å². The third-order valence-corrected chi connectivity index (χ3v) is 4.63. The smallest absolute Gasteiger partial charge is 0.295 e. The number of nitrogens with zero attached hydrogens (tertiary/aromatic N) is 2. The van der Waals surface area contributed by atoms with Crippen molar-refractivity contribution < 1.29 is 24.2 Å². The normalized spacial score (nSPS) is 16.3. The molecule has 1 aliphatic heterocycles. The van der Waals surface area contributed by atoms with Crippen LogP contribution in [0.1, 0.15) is 28.4 Å². The van der Waals surface area contributed by atoms with Gasteiger partial charge in [-0.2, -0.15) is 0 Å². The van der Waals surface area contributed by atoms with Crippen LogP contribution in [0, 0.1) is 6.92 Å². The summed E-state index contributed by atoms with van der Waals surface area (Å²) in [5.41, 5.74) is 10.7. The van der Waals surface area contributed by atoms with Gasteiger partial charge in [-0.25, -0.2) is 0 Å². The van der Waals surface area contributed by atoms with Gasteiger partial charge in [0.15, 0.2) is 5.76 Å². The Labute approximate surface area is 166 Å². The van der Waals surface area contributed by atoms with Crippen molar-refractivity contribution in [3.63, 3.8) is 0 Å². The highest BCUT2D eigenvalue weighted by Crippen LogP contribution is 2.25. The van der Waals surface area contributed by atoms with Gasteiger partial charge in [0.1, 0.15) is 12.3 Å². The van der Waals surface area contributed by atoms with E-state index in [-0.39, 0.29) is 34.8 Å². The number of likely N-dealkylation sites (N-methyl/N-ethyl adjacent to an activating group) is 1. The zero-order chi connectivity index (χ0) is 22.0. The van der Waals surface area contributed by atoms with Crippen LogP contribution in [0.4, 0.5) is 0 Å². The quantitative estimate of drug-likeness (QED) is 0.345. The number of nitrogens with two attached hydrogens (primary N) is 2. The molecule has 3 amide bonds. The van der Waals surface area contributed by atoms with Crippen molar-refractivity contribution in [3.05, 3.63) is 56.1 Å². The van der Waals surface area contributed by atoms with Crippen molar-refractivity contribution in [2.75, 3.05) is 13.8 Å². The van der Waals surface area contributed by atoms with E-state index in [1.807, 2.05) is 0 Å². The molecule has 5 N–H and O–H groups in total. The van der Waals surface area contributed by atoms with Crippen molar-refractivity contribution >= 4 is 23.8 Å². The second-order valence-electron chi connectivity index (χ2n) is 6.34. The number of hydrogen-bond donors (Lipinski definition) is 3. The molecule has 1 aliphatic rings. The van der Waals surface area contributed by atoms with Crippen LogP contribution in [0.3, 0.4) is 0 Å². The first kappa shape index (κ1) is 21.6. The molecule has 0 atom stereocenters. The van der Waals surface area contributed by atoms with Gasteiger partial charge >= 0.3 is 0 Å². The molecule has 29 heavy (non-hydrogen) atoms. The average Bonchev–Trinajstić information content (AvgIpc) is 2.66. The molecule has 2 heterocycles. The van der Waals surface area contributed by atoms with E-state index < -0.39 is 29.2 Å². The zero-order valence-corrected chi connectivity index (χ0v) is 16.5. The number of amides is 3. The molecular weight excluding hydrogens is 380 g/mol. The van der Waals surface area contributed by atoms with E-state index in [1.165, 1.54) is 39.2 Å². The first-order valence-electron chi connectivity index (χ1n) is 8.51. The van der Waals surface area contributed by atoms with Gasteiger partial charge in [0.25, 0.3) is 23.3 Å². The standard InChI is InChI=1S/C19H22N4O6/c1-9-11(16(25)22(3)18(27)13(9)15(21)24)6-5-7-12-10(2)14(29-8-20)19(28)23(4)17(12)26/h5-7,27H,8,20H2,1-4H3,(H2,21,24). The largest absolute Gasteiger partial charge is 0.494 e. The molecule has 154 valence electrons. The van der Waals surface area contributed by atoms with Gasteiger partial charge in [0.2, 0.25) is 5.88 Å². The first-order valence-corrected chi connectivity index (χ1v) is 8.51. The molecule has 0 radical (unpaired) electrons. The number of allylic oxidation sites excluding steroid dienone is 2. The Kier molecular flexibility index (Phi) is 6.08. The number of primary amides is 1. The number of hydrogen-bond acceptors (Lipinski definition) is 7. The summed E-state index contributed by atoms with van der Waals surface area (Å²) in [5.74, 6) is -2.60. The lowest BCUT2D eigenvalue weighted by molar-refractivity contribution is -0.141. The lowest BCUT2D eigenvalue weighted by Gasteiger charge is -2.25. The fraction of sp³-hybridized carbons (Fsp3) is 0.263. The number of rotatable bonds is 5. The van der Waals surface area contributed by atoms with E-state index in [2.05, 4.69) is 0 Å². The van der Waals surface area contributed by atoms with Gasteiger partial charge < -0.3 is 15.6 Å². The summed E-state index contributed by atoms with van der Waals surface area (Å²) >= 11 is 0. The minimum absolute atomic E-state index is 0.0398. The molecular formula is C19H22N4O6. The fourth-order valence-electron chi connectivity index (χ4n) is 2.96. The summed E-state index contributed by atoms with van der Waals surface area (Å²) in [6.07, 6.45) is 4.22. The molecule has 0 aromatic carbocycles. The van der Waals surface area contributed by atoms with E-state index in [1.54, 1.807) is 6.92 Å². The summed E-state index contributed by atoms with van der Waals surface area (Å²) in [5, 5.41) is 10.0. The van der Waals surface area contributed by atoms with Crippen LogP contribution in [0.5, 0.6) is 5.88 Å².